The molecule has 3 nitrogen and oxygen atoms in total. The third-order valence-corrected chi connectivity index (χ3v) is 3.45. The van der Waals surface area contributed by atoms with Crippen molar-refractivity contribution in [3.63, 3.8) is 0 Å². The molecule has 88 valence electrons. The van der Waals surface area contributed by atoms with Gasteiger partial charge in [-0.05, 0) is 25.7 Å². The minimum atomic E-state index is -0.757. The van der Waals surface area contributed by atoms with E-state index in [0.717, 1.165) is 31.6 Å². The summed E-state index contributed by atoms with van der Waals surface area (Å²) in [4.78, 5) is 18.0. The van der Waals surface area contributed by atoms with E-state index in [2.05, 4.69) is 16.9 Å². The molecule has 2 rings (SSSR count). The van der Waals surface area contributed by atoms with Crippen LogP contribution in [-0.4, -0.2) is 9.97 Å². The first kappa shape index (κ1) is 11.3. The molecule has 0 spiro atoms. The molecule has 0 saturated heterocycles. The second-order valence-electron chi connectivity index (χ2n) is 4.81. The molecular weight excluding hydrogens is 207 g/mol. The van der Waals surface area contributed by atoms with Crippen LogP contribution in [0.25, 0.3) is 0 Å². The van der Waals surface area contributed by atoms with Crippen molar-refractivity contribution in [2.45, 2.75) is 45.4 Å². The summed E-state index contributed by atoms with van der Waals surface area (Å²) in [5.74, 6) is 0.955. The second-order valence-corrected chi connectivity index (χ2v) is 4.81. The SMILES string of the molecule is Cc1nc(C2CCC(C)CC2)[nH]c(=O)c1F. The Hall–Kier alpha value is -1.19. The number of H-pyrrole nitrogens is 1. The van der Waals surface area contributed by atoms with Crippen LogP contribution in [0.4, 0.5) is 4.39 Å². The predicted molar refractivity (Wildman–Crippen MR) is 59.9 cm³/mol. The monoisotopic (exact) mass is 224 g/mol. The quantitative estimate of drug-likeness (QED) is 0.796. The summed E-state index contributed by atoms with van der Waals surface area (Å²) in [6.07, 6.45) is 4.39. The lowest BCUT2D eigenvalue weighted by molar-refractivity contribution is 0.338. The highest BCUT2D eigenvalue weighted by atomic mass is 19.1. The molecule has 1 aliphatic carbocycles. The Bertz CT molecular complexity index is 433. The molecule has 1 heterocycles. The van der Waals surface area contributed by atoms with Gasteiger partial charge in [0.05, 0.1) is 5.69 Å². The van der Waals surface area contributed by atoms with Crippen LogP contribution in [0.5, 0.6) is 0 Å². The van der Waals surface area contributed by atoms with Gasteiger partial charge in [0.25, 0.3) is 5.56 Å². The third kappa shape index (κ3) is 2.15. The molecule has 0 aromatic carbocycles. The highest BCUT2D eigenvalue weighted by molar-refractivity contribution is 5.07. The van der Waals surface area contributed by atoms with Crippen LogP contribution in [0.1, 0.15) is 50.0 Å². The van der Waals surface area contributed by atoms with Crippen LogP contribution in [0.2, 0.25) is 0 Å². The van der Waals surface area contributed by atoms with Crippen molar-refractivity contribution in [1.82, 2.24) is 9.97 Å². The Balaban J connectivity index is 2.24. The standard InChI is InChI=1S/C12H17FN2O/c1-7-3-5-9(6-4-7)11-14-8(2)10(13)12(16)15-11/h7,9H,3-6H2,1-2H3,(H,14,15,16). The Kier molecular flexibility index (Phi) is 3.08. The number of nitrogens with zero attached hydrogens (tertiary/aromatic N) is 1. The molecule has 0 aliphatic heterocycles. The summed E-state index contributed by atoms with van der Waals surface area (Å²) in [5, 5.41) is 0. The van der Waals surface area contributed by atoms with Crippen molar-refractivity contribution >= 4 is 0 Å². The lowest BCUT2D eigenvalue weighted by atomic mass is 9.82. The zero-order valence-corrected chi connectivity index (χ0v) is 9.72. The van der Waals surface area contributed by atoms with Gasteiger partial charge >= 0.3 is 0 Å². The zero-order chi connectivity index (χ0) is 11.7. The van der Waals surface area contributed by atoms with Crippen LogP contribution in [0.3, 0.4) is 0 Å². The van der Waals surface area contributed by atoms with E-state index in [-0.39, 0.29) is 5.69 Å². The van der Waals surface area contributed by atoms with Gasteiger partial charge in [0.1, 0.15) is 5.82 Å². The fourth-order valence-electron chi connectivity index (χ4n) is 2.32. The maximum Gasteiger partial charge on any atom is 0.287 e. The molecule has 1 aromatic heterocycles. The van der Waals surface area contributed by atoms with Crippen molar-refractivity contribution in [1.29, 1.82) is 0 Å². The average Bonchev–Trinajstić information content (AvgIpc) is 2.26. The van der Waals surface area contributed by atoms with Gasteiger partial charge in [-0.3, -0.25) is 4.79 Å². The van der Waals surface area contributed by atoms with Crippen molar-refractivity contribution < 1.29 is 4.39 Å². The molecule has 0 atom stereocenters. The normalized spacial score (nSPS) is 25.7. The van der Waals surface area contributed by atoms with Gasteiger partial charge in [0.2, 0.25) is 5.82 Å². The highest BCUT2D eigenvalue weighted by Crippen LogP contribution is 2.33. The van der Waals surface area contributed by atoms with Gasteiger partial charge in [0, 0.05) is 5.92 Å². The molecule has 0 unspecified atom stereocenters. The van der Waals surface area contributed by atoms with E-state index in [1.807, 2.05) is 0 Å². The average molecular weight is 224 g/mol. The van der Waals surface area contributed by atoms with Gasteiger partial charge in [-0.15, -0.1) is 0 Å². The summed E-state index contributed by atoms with van der Waals surface area (Å²) < 4.78 is 13.1. The Morgan fingerprint density at radius 1 is 1.31 bits per heavy atom. The molecule has 0 radical (unpaired) electrons. The van der Waals surface area contributed by atoms with Crippen LogP contribution in [-0.2, 0) is 0 Å². The van der Waals surface area contributed by atoms with Gasteiger partial charge in [0.15, 0.2) is 0 Å². The number of hydrogen-bond donors (Lipinski definition) is 1. The van der Waals surface area contributed by atoms with E-state index in [4.69, 9.17) is 0 Å². The number of hydrogen-bond acceptors (Lipinski definition) is 2. The van der Waals surface area contributed by atoms with Gasteiger partial charge < -0.3 is 4.98 Å². The van der Waals surface area contributed by atoms with E-state index in [1.54, 1.807) is 6.92 Å². The van der Waals surface area contributed by atoms with E-state index < -0.39 is 11.4 Å². The number of rotatable bonds is 1. The number of nitrogens with one attached hydrogen (secondary N) is 1. The van der Waals surface area contributed by atoms with Gasteiger partial charge in [-0.25, -0.2) is 4.98 Å². The first-order chi connectivity index (χ1) is 7.58. The molecule has 1 fully saturated rings. The predicted octanol–water partition coefficient (Wildman–Crippen LogP) is 2.51. The summed E-state index contributed by atoms with van der Waals surface area (Å²) >= 11 is 0. The molecule has 1 aliphatic rings. The van der Waals surface area contributed by atoms with Crippen LogP contribution in [0, 0.1) is 18.7 Å². The third-order valence-electron chi connectivity index (χ3n) is 3.45. The van der Waals surface area contributed by atoms with Gasteiger partial charge in [-0.2, -0.15) is 4.39 Å². The molecule has 1 aromatic rings. The molecule has 16 heavy (non-hydrogen) atoms. The second kappa shape index (κ2) is 4.36. The van der Waals surface area contributed by atoms with E-state index in [9.17, 15) is 9.18 Å². The topological polar surface area (TPSA) is 45.8 Å². The number of aromatic nitrogens is 2. The zero-order valence-electron chi connectivity index (χ0n) is 9.72. The molecule has 0 bridgehead atoms. The minimum absolute atomic E-state index is 0.206. The van der Waals surface area contributed by atoms with Crippen LogP contribution >= 0.6 is 0 Å². The molecular formula is C12H17FN2O. The summed E-state index contributed by atoms with van der Waals surface area (Å²) in [5.41, 5.74) is -0.432. The first-order valence-electron chi connectivity index (χ1n) is 5.84. The fourth-order valence-corrected chi connectivity index (χ4v) is 2.32. The number of aryl methyl sites for hydroxylation is 1. The minimum Gasteiger partial charge on any atom is -0.308 e. The lowest BCUT2D eigenvalue weighted by Gasteiger charge is -2.25. The van der Waals surface area contributed by atoms with E-state index in [1.165, 1.54) is 0 Å². The molecule has 1 N–H and O–H groups in total. The van der Waals surface area contributed by atoms with E-state index in [0.29, 0.717) is 11.7 Å². The molecule has 4 heteroatoms. The Labute approximate surface area is 94.1 Å². The maximum absolute atomic E-state index is 13.1. The maximum atomic E-state index is 13.1. The number of halogens is 1. The highest BCUT2D eigenvalue weighted by Gasteiger charge is 2.22. The van der Waals surface area contributed by atoms with Crippen molar-refractivity contribution in [3.05, 3.63) is 27.7 Å². The number of aromatic amines is 1. The molecule has 1 saturated carbocycles. The molecule has 0 amide bonds. The lowest BCUT2D eigenvalue weighted by Crippen LogP contribution is -2.21. The van der Waals surface area contributed by atoms with Crippen molar-refractivity contribution in [3.8, 4) is 0 Å². The van der Waals surface area contributed by atoms with Crippen molar-refractivity contribution in [2.75, 3.05) is 0 Å². The Morgan fingerprint density at radius 3 is 2.50 bits per heavy atom. The van der Waals surface area contributed by atoms with Crippen molar-refractivity contribution in [2.24, 2.45) is 5.92 Å². The van der Waals surface area contributed by atoms with E-state index >= 15 is 0 Å². The van der Waals surface area contributed by atoms with Crippen LogP contribution in [0.15, 0.2) is 4.79 Å². The van der Waals surface area contributed by atoms with Gasteiger partial charge in [-0.1, -0.05) is 19.8 Å². The van der Waals surface area contributed by atoms with Crippen LogP contribution < -0.4 is 5.56 Å². The first-order valence-corrected chi connectivity index (χ1v) is 5.84. The Morgan fingerprint density at radius 2 is 1.94 bits per heavy atom. The largest absolute Gasteiger partial charge is 0.308 e. The summed E-state index contributed by atoms with van der Waals surface area (Å²) in [6.45, 7) is 3.78. The smallest absolute Gasteiger partial charge is 0.287 e. The fraction of sp³-hybridized carbons (Fsp3) is 0.667. The summed E-state index contributed by atoms with van der Waals surface area (Å²) in [7, 11) is 0. The summed E-state index contributed by atoms with van der Waals surface area (Å²) in [6, 6.07) is 0.